The Labute approximate surface area is 114 Å². The number of thiophene rings is 1. The summed E-state index contributed by atoms with van der Waals surface area (Å²) in [6.45, 7) is 4.49. The molecule has 16 heavy (non-hydrogen) atoms. The van der Waals surface area contributed by atoms with Crippen molar-refractivity contribution in [3.8, 4) is 0 Å². The van der Waals surface area contributed by atoms with Crippen molar-refractivity contribution in [1.29, 1.82) is 0 Å². The zero-order valence-electron chi connectivity index (χ0n) is 9.62. The van der Waals surface area contributed by atoms with E-state index in [4.69, 9.17) is 0 Å². The molecule has 1 aromatic rings. The number of hydrogen-bond donors (Lipinski definition) is 1. The number of hydrogen-bond acceptors (Lipinski definition) is 3. The molecule has 90 valence electrons. The van der Waals surface area contributed by atoms with E-state index in [9.17, 15) is 5.11 Å². The Morgan fingerprint density at radius 3 is 2.75 bits per heavy atom. The van der Waals surface area contributed by atoms with Crippen LogP contribution < -0.4 is 0 Å². The molecule has 2 heterocycles. The highest BCUT2D eigenvalue weighted by Crippen LogP contribution is 2.41. The number of rotatable bonds is 2. The quantitative estimate of drug-likeness (QED) is 0.890. The van der Waals surface area contributed by atoms with Gasteiger partial charge in [-0.25, -0.2) is 0 Å². The van der Waals surface area contributed by atoms with Crippen LogP contribution in [0, 0.1) is 5.41 Å². The topological polar surface area (TPSA) is 20.2 Å². The van der Waals surface area contributed by atoms with Crippen molar-refractivity contribution in [2.24, 2.45) is 5.41 Å². The lowest BCUT2D eigenvalue weighted by molar-refractivity contribution is 0.0207. The minimum absolute atomic E-state index is 0.256. The lowest BCUT2D eigenvalue weighted by Crippen LogP contribution is -2.43. The van der Waals surface area contributed by atoms with Gasteiger partial charge in [-0.05, 0) is 39.6 Å². The van der Waals surface area contributed by atoms with E-state index in [1.165, 1.54) is 4.88 Å². The molecule has 0 bridgehead atoms. The summed E-state index contributed by atoms with van der Waals surface area (Å²) in [5.41, 5.74) is -0.261. The lowest BCUT2D eigenvalue weighted by Gasteiger charge is -2.41. The van der Waals surface area contributed by atoms with Gasteiger partial charge in [0, 0.05) is 26.9 Å². The molecule has 0 aromatic carbocycles. The van der Waals surface area contributed by atoms with E-state index in [-0.39, 0.29) is 5.41 Å². The van der Waals surface area contributed by atoms with Crippen molar-refractivity contribution in [3.63, 3.8) is 0 Å². The van der Waals surface area contributed by atoms with Gasteiger partial charge in [0.1, 0.15) is 0 Å². The van der Waals surface area contributed by atoms with E-state index >= 15 is 0 Å². The maximum Gasteiger partial charge on any atom is 0.0791 e. The standard InChI is InChI=1S/C12H17BrOS2/c1-11(2)6-12(14,8-15-7-11)4-10-3-9(13)5-16-10/h3,5,14H,4,6-8H2,1-2H3. The molecule has 1 atom stereocenters. The molecule has 1 unspecified atom stereocenters. The molecule has 1 nitrogen and oxygen atoms in total. The van der Waals surface area contributed by atoms with E-state index in [1.807, 2.05) is 11.8 Å². The normalized spacial score (nSPS) is 29.2. The molecule has 1 fully saturated rings. The van der Waals surface area contributed by atoms with Crippen molar-refractivity contribution in [1.82, 2.24) is 0 Å². The second-order valence-corrected chi connectivity index (χ2v) is 8.36. The SMILES string of the molecule is CC1(C)CSCC(O)(Cc2cc(Br)cs2)C1. The highest BCUT2D eigenvalue weighted by molar-refractivity contribution is 9.10. The first-order valence-corrected chi connectivity index (χ1v) is 8.24. The molecular weight excluding hydrogens is 304 g/mol. The summed E-state index contributed by atoms with van der Waals surface area (Å²) >= 11 is 7.06. The second kappa shape index (κ2) is 4.63. The van der Waals surface area contributed by atoms with Gasteiger partial charge in [-0.2, -0.15) is 11.8 Å². The number of thioether (sulfide) groups is 1. The van der Waals surface area contributed by atoms with E-state index in [1.54, 1.807) is 11.3 Å². The van der Waals surface area contributed by atoms with Crippen LogP contribution in [0.15, 0.2) is 15.9 Å². The van der Waals surface area contributed by atoms with Crippen molar-refractivity contribution in [3.05, 3.63) is 20.8 Å². The molecule has 1 saturated heterocycles. The van der Waals surface area contributed by atoms with Gasteiger partial charge in [0.15, 0.2) is 0 Å². The van der Waals surface area contributed by atoms with E-state index in [0.717, 1.165) is 28.8 Å². The van der Waals surface area contributed by atoms with Crippen molar-refractivity contribution < 1.29 is 5.11 Å². The maximum atomic E-state index is 10.6. The Balaban J connectivity index is 2.07. The average molecular weight is 321 g/mol. The summed E-state index contributed by atoms with van der Waals surface area (Å²) in [4.78, 5) is 1.27. The monoisotopic (exact) mass is 320 g/mol. The van der Waals surface area contributed by atoms with Crippen LogP contribution in [0.3, 0.4) is 0 Å². The smallest absolute Gasteiger partial charge is 0.0791 e. The minimum atomic E-state index is -0.517. The van der Waals surface area contributed by atoms with Crippen LogP contribution in [0.2, 0.25) is 0 Å². The van der Waals surface area contributed by atoms with Crippen LogP contribution in [-0.2, 0) is 6.42 Å². The zero-order valence-corrected chi connectivity index (χ0v) is 12.8. The molecule has 0 aliphatic carbocycles. The third-order valence-corrected chi connectivity index (χ3v) is 6.22. The zero-order chi connectivity index (χ0) is 11.8. The van der Waals surface area contributed by atoms with Crippen LogP contribution in [0.5, 0.6) is 0 Å². The first-order valence-electron chi connectivity index (χ1n) is 5.42. The van der Waals surface area contributed by atoms with Crippen molar-refractivity contribution in [2.75, 3.05) is 11.5 Å². The van der Waals surface area contributed by atoms with Gasteiger partial charge in [-0.15, -0.1) is 11.3 Å². The highest BCUT2D eigenvalue weighted by Gasteiger charge is 2.39. The minimum Gasteiger partial charge on any atom is -0.389 e. The lowest BCUT2D eigenvalue weighted by atomic mass is 9.80. The summed E-state index contributed by atoms with van der Waals surface area (Å²) in [6.07, 6.45) is 1.70. The molecule has 4 heteroatoms. The van der Waals surface area contributed by atoms with E-state index in [0.29, 0.717) is 0 Å². The van der Waals surface area contributed by atoms with Crippen molar-refractivity contribution >= 4 is 39.0 Å². The van der Waals surface area contributed by atoms with E-state index < -0.39 is 5.60 Å². The van der Waals surface area contributed by atoms with Crippen LogP contribution >= 0.6 is 39.0 Å². The predicted octanol–water partition coefficient (Wildman–Crippen LogP) is 3.95. The molecule has 2 rings (SSSR count). The Morgan fingerprint density at radius 1 is 1.44 bits per heavy atom. The Kier molecular flexibility index (Phi) is 3.75. The summed E-state index contributed by atoms with van der Waals surface area (Å²) in [5.74, 6) is 2.02. The first-order chi connectivity index (χ1) is 7.39. The van der Waals surface area contributed by atoms with Crippen LogP contribution in [0.4, 0.5) is 0 Å². The summed E-state index contributed by atoms with van der Waals surface area (Å²) in [5, 5.41) is 12.7. The van der Waals surface area contributed by atoms with Gasteiger partial charge < -0.3 is 5.11 Å². The third kappa shape index (κ3) is 3.25. The van der Waals surface area contributed by atoms with Gasteiger partial charge in [0.25, 0.3) is 0 Å². The molecule has 1 aliphatic heterocycles. The highest BCUT2D eigenvalue weighted by atomic mass is 79.9. The van der Waals surface area contributed by atoms with Gasteiger partial charge in [-0.1, -0.05) is 13.8 Å². The third-order valence-electron chi connectivity index (χ3n) is 2.80. The Morgan fingerprint density at radius 2 is 2.19 bits per heavy atom. The molecular formula is C12H17BrOS2. The summed E-state index contributed by atoms with van der Waals surface area (Å²) in [7, 11) is 0. The maximum absolute atomic E-state index is 10.6. The number of aliphatic hydroxyl groups is 1. The van der Waals surface area contributed by atoms with Gasteiger partial charge in [-0.3, -0.25) is 0 Å². The van der Waals surface area contributed by atoms with Gasteiger partial charge in [0.05, 0.1) is 5.60 Å². The average Bonchev–Trinajstić information content (AvgIpc) is 2.47. The molecule has 1 aromatic heterocycles. The second-order valence-electron chi connectivity index (χ2n) is 5.47. The van der Waals surface area contributed by atoms with Gasteiger partial charge >= 0.3 is 0 Å². The molecule has 0 amide bonds. The predicted molar refractivity (Wildman–Crippen MR) is 76.4 cm³/mol. The van der Waals surface area contributed by atoms with Crippen LogP contribution in [0.1, 0.15) is 25.1 Å². The summed E-state index contributed by atoms with van der Waals surface area (Å²) < 4.78 is 1.12. The van der Waals surface area contributed by atoms with Crippen molar-refractivity contribution in [2.45, 2.75) is 32.3 Å². The fraction of sp³-hybridized carbons (Fsp3) is 0.667. The molecule has 1 N–H and O–H groups in total. The first kappa shape index (κ1) is 12.9. The molecule has 0 saturated carbocycles. The van der Waals surface area contributed by atoms with Gasteiger partial charge in [0.2, 0.25) is 0 Å². The number of halogens is 1. The molecule has 1 aliphatic rings. The fourth-order valence-electron chi connectivity index (χ4n) is 2.39. The molecule has 0 radical (unpaired) electrons. The van der Waals surface area contributed by atoms with Crippen LogP contribution in [0.25, 0.3) is 0 Å². The Bertz CT molecular complexity index is 375. The fourth-order valence-corrected chi connectivity index (χ4v) is 5.32. The largest absolute Gasteiger partial charge is 0.389 e. The van der Waals surface area contributed by atoms with E-state index in [2.05, 4.69) is 41.2 Å². The Hall–Kier alpha value is 0.490. The summed E-state index contributed by atoms with van der Waals surface area (Å²) in [6, 6.07) is 2.12. The van der Waals surface area contributed by atoms with Crippen LogP contribution in [-0.4, -0.2) is 22.2 Å². The molecule has 0 spiro atoms.